The molecule has 0 radical (unpaired) electrons. The van der Waals surface area contributed by atoms with Crippen LogP contribution in [0.3, 0.4) is 0 Å². The maximum atomic E-state index is 10.3. The van der Waals surface area contributed by atoms with Crippen molar-refractivity contribution in [3.63, 3.8) is 0 Å². The number of rotatable bonds is 5. The monoisotopic (exact) mass is 249 g/mol. The Bertz CT molecular complexity index is 237. The number of carboxylic acid groups (broad SMARTS) is 1. The van der Waals surface area contributed by atoms with Crippen LogP contribution < -0.4 is 5.32 Å². The molecule has 0 aromatic heterocycles. The average Bonchev–Trinajstić information content (AvgIpc) is 2.09. The first-order chi connectivity index (χ1) is 7.10. The molecule has 0 bridgehead atoms. The molecule has 1 amide bonds. The standard InChI is InChI=1S/C10H23NO4Si/c1-10(2,3)16(4,5)15-8(7-12)6-11-9(13)14/h8,11-12H,6-7H2,1-5H3,(H,13,14)/t8-/m0/s1. The van der Waals surface area contributed by atoms with Crippen molar-refractivity contribution in [2.75, 3.05) is 13.2 Å². The zero-order chi connectivity index (χ0) is 13.0. The number of carbonyl (C=O) groups is 1. The molecule has 0 rings (SSSR count). The summed E-state index contributed by atoms with van der Waals surface area (Å²) in [5, 5.41) is 19.9. The third kappa shape index (κ3) is 4.96. The van der Waals surface area contributed by atoms with Crippen LogP contribution in [0, 0.1) is 0 Å². The second-order valence-electron chi connectivity index (χ2n) is 5.37. The summed E-state index contributed by atoms with van der Waals surface area (Å²) in [6.07, 6.45) is -1.56. The van der Waals surface area contributed by atoms with Crippen LogP contribution in [0.25, 0.3) is 0 Å². The lowest BCUT2D eigenvalue weighted by atomic mass is 10.2. The van der Waals surface area contributed by atoms with Crippen LogP contribution in [0.5, 0.6) is 0 Å². The first-order valence-corrected chi connectivity index (χ1v) is 8.26. The van der Waals surface area contributed by atoms with Gasteiger partial charge < -0.3 is 20.0 Å². The van der Waals surface area contributed by atoms with Gasteiger partial charge in [0, 0.05) is 6.54 Å². The minimum absolute atomic E-state index is 0.0453. The fourth-order valence-electron chi connectivity index (χ4n) is 0.938. The summed E-state index contributed by atoms with van der Waals surface area (Å²) in [6, 6.07) is 0. The van der Waals surface area contributed by atoms with Gasteiger partial charge in [0.05, 0.1) is 12.7 Å². The number of nitrogens with one attached hydrogen (secondary N) is 1. The van der Waals surface area contributed by atoms with Crippen LogP contribution in [0.4, 0.5) is 4.79 Å². The van der Waals surface area contributed by atoms with Crippen molar-refractivity contribution in [2.24, 2.45) is 0 Å². The predicted octanol–water partition coefficient (Wildman–Crippen LogP) is 1.64. The van der Waals surface area contributed by atoms with E-state index in [1.54, 1.807) is 0 Å². The van der Waals surface area contributed by atoms with Crippen molar-refractivity contribution in [1.82, 2.24) is 5.32 Å². The molecule has 16 heavy (non-hydrogen) atoms. The van der Waals surface area contributed by atoms with E-state index in [0.717, 1.165) is 0 Å². The zero-order valence-corrected chi connectivity index (χ0v) is 11.7. The molecular weight excluding hydrogens is 226 g/mol. The van der Waals surface area contributed by atoms with Crippen LogP contribution in [0.15, 0.2) is 0 Å². The van der Waals surface area contributed by atoms with Gasteiger partial charge in [0.15, 0.2) is 8.32 Å². The Balaban J connectivity index is 4.36. The van der Waals surface area contributed by atoms with Gasteiger partial charge in [-0.1, -0.05) is 20.8 Å². The lowest BCUT2D eigenvalue weighted by Crippen LogP contribution is -2.48. The van der Waals surface area contributed by atoms with Crippen LogP contribution in [-0.4, -0.2) is 43.9 Å². The lowest BCUT2D eigenvalue weighted by Gasteiger charge is -2.38. The minimum Gasteiger partial charge on any atom is -0.465 e. The molecule has 0 fully saturated rings. The Kier molecular flexibility index (Phi) is 5.44. The molecule has 0 unspecified atom stereocenters. The summed E-state index contributed by atoms with van der Waals surface area (Å²) in [6.45, 7) is 10.4. The number of aliphatic hydroxyl groups is 1. The molecule has 0 saturated carbocycles. The number of amides is 1. The van der Waals surface area contributed by atoms with Crippen molar-refractivity contribution < 1.29 is 19.4 Å². The molecule has 0 aliphatic rings. The van der Waals surface area contributed by atoms with Crippen LogP contribution in [-0.2, 0) is 4.43 Å². The second kappa shape index (κ2) is 5.65. The van der Waals surface area contributed by atoms with Crippen molar-refractivity contribution in [2.45, 2.75) is 45.0 Å². The van der Waals surface area contributed by atoms with E-state index in [1.165, 1.54) is 0 Å². The summed E-state index contributed by atoms with van der Waals surface area (Å²) in [5.41, 5.74) is 0. The van der Waals surface area contributed by atoms with E-state index in [-0.39, 0.29) is 18.2 Å². The van der Waals surface area contributed by atoms with Crippen LogP contribution in [0.1, 0.15) is 20.8 Å². The summed E-state index contributed by atoms with van der Waals surface area (Å²) in [4.78, 5) is 10.3. The van der Waals surface area contributed by atoms with Crippen molar-refractivity contribution in [1.29, 1.82) is 0 Å². The smallest absolute Gasteiger partial charge is 0.404 e. The highest BCUT2D eigenvalue weighted by atomic mass is 28.4. The molecule has 0 aliphatic heterocycles. The van der Waals surface area contributed by atoms with Crippen LogP contribution in [0.2, 0.25) is 18.1 Å². The maximum absolute atomic E-state index is 10.3. The summed E-state index contributed by atoms with van der Waals surface area (Å²) in [7, 11) is -1.95. The molecule has 0 heterocycles. The quantitative estimate of drug-likeness (QED) is 0.647. The molecule has 0 aromatic rings. The molecule has 3 N–H and O–H groups in total. The third-order valence-corrected chi connectivity index (χ3v) is 7.49. The highest BCUT2D eigenvalue weighted by Crippen LogP contribution is 2.37. The van der Waals surface area contributed by atoms with Gasteiger partial charge in [-0.15, -0.1) is 0 Å². The predicted molar refractivity (Wildman–Crippen MR) is 65.2 cm³/mol. The number of aliphatic hydroxyl groups excluding tert-OH is 1. The van der Waals surface area contributed by atoms with Gasteiger partial charge in [-0.3, -0.25) is 0 Å². The zero-order valence-electron chi connectivity index (χ0n) is 10.7. The highest BCUT2D eigenvalue weighted by molar-refractivity contribution is 6.74. The Morgan fingerprint density at radius 3 is 2.25 bits per heavy atom. The van der Waals surface area contributed by atoms with E-state index in [9.17, 15) is 4.79 Å². The molecule has 5 nitrogen and oxygen atoms in total. The molecular formula is C10H23NO4Si. The van der Waals surface area contributed by atoms with Crippen molar-refractivity contribution in [3.05, 3.63) is 0 Å². The van der Waals surface area contributed by atoms with Crippen LogP contribution >= 0.6 is 0 Å². The van der Waals surface area contributed by atoms with Gasteiger partial charge >= 0.3 is 6.09 Å². The molecule has 6 heteroatoms. The first-order valence-electron chi connectivity index (χ1n) is 5.35. The molecule has 0 spiro atoms. The highest BCUT2D eigenvalue weighted by Gasteiger charge is 2.39. The normalized spacial score (nSPS) is 14.6. The van der Waals surface area contributed by atoms with E-state index in [0.29, 0.717) is 0 Å². The third-order valence-electron chi connectivity index (χ3n) is 2.95. The molecule has 96 valence electrons. The minimum atomic E-state index is -1.95. The van der Waals surface area contributed by atoms with E-state index in [2.05, 4.69) is 39.2 Å². The Hall–Kier alpha value is -0.593. The lowest BCUT2D eigenvalue weighted by molar-refractivity contribution is 0.100. The van der Waals surface area contributed by atoms with E-state index >= 15 is 0 Å². The van der Waals surface area contributed by atoms with Gasteiger partial charge in [-0.2, -0.15) is 0 Å². The van der Waals surface area contributed by atoms with Gasteiger partial charge in [0.2, 0.25) is 0 Å². The summed E-state index contributed by atoms with van der Waals surface area (Å²) >= 11 is 0. The molecule has 0 aromatic carbocycles. The number of hydrogen-bond acceptors (Lipinski definition) is 3. The van der Waals surface area contributed by atoms with E-state index < -0.39 is 20.5 Å². The SMILES string of the molecule is CC(C)(C)[Si](C)(C)O[C@H](CO)CNC(=O)O. The van der Waals surface area contributed by atoms with Gasteiger partial charge in [0.25, 0.3) is 0 Å². The van der Waals surface area contributed by atoms with E-state index in [4.69, 9.17) is 14.6 Å². The summed E-state index contributed by atoms with van der Waals surface area (Å²) < 4.78 is 5.86. The maximum Gasteiger partial charge on any atom is 0.404 e. The van der Waals surface area contributed by atoms with Gasteiger partial charge in [-0.05, 0) is 18.1 Å². The van der Waals surface area contributed by atoms with Gasteiger partial charge in [0.1, 0.15) is 0 Å². The van der Waals surface area contributed by atoms with Crippen molar-refractivity contribution >= 4 is 14.4 Å². The Labute approximate surface area is 97.9 Å². The second-order valence-corrected chi connectivity index (χ2v) is 10.1. The summed E-state index contributed by atoms with van der Waals surface area (Å²) in [5.74, 6) is 0. The molecule has 0 saturated heterocycles. The Morgan fingerprint density at radius 1 is 1.44 bits per heavy atom. The fraction of sp³-hybridized carbons (Fsp3) is 0.900. The largest absolute Gasteiger partial charge is 0.465 e. The Morgan fingerprint density at radius 2 is 1.94 bits per heavy atom. The van der Waals surface area contributed by atoms with Crippen molar-refractivity contribution in [3.8, 4) is 0 Å². The average molecular weight is 249 g/mol. The van der Waals surface area contributed by atoms with Gasteiger partial charge in [-0.25, -0.2) is 4.79 Å². The topological polar surface area (TPSA) is 78.8 Å². The number of hydrogen-bond donors (Lipinski definition) is 3. The van der Waals surface area contributed by atoms with E-state index in [1.807, 2.05) is 0 Å². The molecule has 1 atom stereocenters. The molecule has 0 aliphatic carbocycles. The first kappa shape index (κ1) is 15.4. The fourth-order valence-corrected chi connectivity index (χ4v) is 2.28.